The van der Waals surface area contributed by atoms with Gasteiger partial charge in [-0.05, 0) is 37.4 Å². The van der Waals surface area contributed by atoms with Crippen molar-refractivity contribution in [2.24, 2.45) is 0 Å². The minimum absolute atomic E-state index is 0.142. The van der Waals surface area contributed by atoms with Crippen LogP contribution < -0.4 is 5.32 Å². The predicted molar refractivity (Wildman–Crippen MR) is 81.7 cm³/mol. The number of benzene rings is 1. The Morgan fingerprint density at radius 3 is 2.74 bits per heavy atom. The van der Waals surface area contributed by atoms with Gasteiger partial charge in [0.25, 0.3) is 0 Å². The number of aliphatic hydroxyl groups is 1. The molecule has 0 saturated carbocycles. The molecule has 3 nitrogen and oxygen atoms in total. The molecule has 1 rings (SSSR count). The standard InChI is InChI=1S/C15H25NO2S/c1-3-9-16-15(8-10-17)12-19(18)11-14-7-5-4-6-13(14)2/h4-7,15-17H,3,8-12H2,1-2H3. The van der Waals surface area contributed by atoms with Gasteiger partial charge in [0.15, 0.2) is 0 Å². The van der Waals surface area contributed by atoms with E-state index in [-0.39, 0.29) is 12.6 Å². The van der Waals surface area contributed by atoms with Crippen LogP contribution in [0.4, 0.5) is 0 Å². The molecule has 108 valence electrons. The quantitative estimate of drug-likeness (QED) is 0.729. The highest BCUT2D eigenvalue weighted by molar-refractivity contribution is 7.84. The van der Waals surface area contributed by atoms with Crippen LogP contribution in [0.15, 0.2) is 24.3 Å². The molecule has 0 aliphatic carbocycles. The third-order valence-electron chi connectivity index (χ3n) is 3.13. The third-order valence-corrected chi connectivity index (χ3v) is 4.53. The first kappa shape index (κ1) is 16.3. The van der Waals surface area contributed by atoms with Gasteiger partial charge in [-0.15, -0.1) is 0 Å². The minimum atomic E-state index is -0.890. The summed E-state index contributed by atoms with van der Waals surface area (Å²) in [6.07, 6.45) is 1.71. The molecule has 2 unspecified atom stereocenters. The van der Waals surface area contributed by atoms with Crippen LogP contribution in [0.2, 0.25) is 0 Å². The average molecular weight is 283 g/mol. The van der Waals surface area contributed by atoms with Crippen LogP contribution in [0.1, 0.15) is 30.9 Å². The molecule has 19 heavy (non-hydrogen) atoms. The van der Waals surface area contributed by atoms with E-state index in [0.29, 0.717) is 17.9 Å². The van der Waals surface area contributed by atoms with Gasteiger partial charge in [-0.25, -0.2) is 0 Å². The summed E-state index contributed by atoms with van der Waals surface area (Å²) in [5, 5.41) is 12.4. The Morgan fingerprint density at radius 2 is 2.11 bits per heavy atom. The molecule has 0 aliphatic rings. The summed E-state index contributed by atoms with van der Waals surface area (Å²) in [7, 11) is -0.890. The fourth-order valence-electron chi connectivity index (χ4n) is 1.98. The molecule has 1 aromatic carbocycles. The van der Waals surface area contributed by atoms with Gasteiger partial charge in [0, 0.05) is 35.0 Å². The molecule has 0 saturated heterocycles. The Balaban J connectivity index is 2.50. The topological polar surface area (TPSA) is 49.3 Å². The van der Waals surface area contributed by atoms with E-state index in [2.05, 4.69) is 12.2 Å². The normalized spacial score (nSPS) is 14.3. The lowest BCUT2D eigenvalue weighted by Gasteiger charge is -2.17. The fraction of sp³-hybridized carbons (Fsp3) is 0.600. The fourth-order valence-corrected chi connectivity index (χ4v) is 3.50. The maximum atomic E-state index is 12.2. The van der Waals surface area contributed by atoms with Crippen LogP contribution in [-0.4, -0.2) is 34.3 Å². The molecule has 0 heterocycles. The summed E-state index contributed by atoms with van der Waals surface area (Å²) < 4.78 is 12.2. The van der Waals surface area contributed by atoms with Gasteiger partial charge in [0.2, 0.25) is 0 Å². The first-order valence-corrected chi connectivity index (χ1v) is 8.40. The molecule has 0 fully saturated rings. The summed E-state index contributed by atoms with van der Waals surface area (Å²) >= 11 is 0. The van der Waals surface area contributed by atoms with Crippen LogP contribution in [0.3, 0.4) is 0 Å². The number of nitrogens with one attached hydrogen (secondary N) is 1. The molecule has 4 heteroatoms. The highest BCUT2D eigenvalue weighted by Crippen LogP contribution is 2.10. The first-order chi connectivity index (χ1) is 9.17. The Morgan fingerprint density at radius 1 is 1.37 bits per heavy atom. The van der Waals surface area contributed by atoms with E-state index in [1.807, 2.05) is 31.2 Å². The summed E-state index contributed by atoms with van der Waals surface area (Å²) in [6, 6.07) is 8.22. The second-order valence-electron chi connectivity index (χ2n) is 4.84. The summed E-state index contributed by atoms with van der Waals surface area (Å²) in [4.78, 5) is 0. The molecule has 0 spiro atoms. The molecular weight excluding hydrogens is 258 g/mol. The van der Waals surface area contributed by atoms with Crippen molar-refractivity contribution in [3.63, 3.8) is 0 Å². The van der Waals surface area contributed by atoms with Gasteiger partial charge in [-0.3, -0.25) is 4.21 Å². The maximum Gasteiger partial charge on any atom is 0.0488 e. The average Bonchev–Trinajstić information content (AvgIpc) is 2.39. The zero-order valence-corrected chi connectivity index (χ0v) is 12.7. The highest BCUT2D eigenvalue weighted by atomic mass is 32.2. The zero-order valence-electron chi connectivity index (χ0n) is 11.9. The van der Waals surface area contributed by atoms with E-state index in [0.717, 1.165) is 18.5 Å². The van der Waals surface area contributed by atoms with Gasteiger partial charge >= 0.3 is 0 Å². The van der Waals surface area contributed by atoms with Crippen LogP contribution in [-0.2, 0) is 16.6 Å². The summed E-state index contributed by atoms with van der Waals surface area (Å²) in [5.41, 5.74) is 2.34. The van der Waals surface area contributed by atoms with E-state index >= 15 is 0 Å². The van der Waals surface area contributed by atoms with Crippen LogP contribution in [0, 0.1) is 6.92 Å². The van der Waals surface area contributed by atoms with Gasteiger partial charge in [0.1, 0.15) is 0 Å². The molecule has 0 radical (unpaired) electrons. The molecular formula is C15H25NO2S. The Kier molecular flexibility index (Phi) is 7.94. The second-order valence-corrected chi connectivity index (χ2v) is 6.34. The van der Waals surface area contributed by atoms with Gasteiger partial charge in [0.05, 0.1) is 0 Å². The lowest BCUT2D eigenvalue weighted by atomic mass is 10.1. The van der Waals surface area contributed by atoms with Crippen molar-refractivity contribution in [3.8, 4) is 0 Å². The molecule has 2 atom stereocenters. The molecule has 0 aliphatic heterocycles. The lowest BCUT2D eigenvalue weighted by molar-refractivity contribution is 0.270. The first-order valence-electron chi connectivity index (χ1n) is 6.91. The van der Waals surface area contributed by atoms with E-state index in [1.54, 1.807) is 0 Å². The molecule has 0 bridgehead atoms. The van der Waals surface area contributed by atoms with Gasteiger partial charge in [-0.2, -0.15) is 0 Å². The Bertz CT molecular complexity index is 395. The predicted octanol–water partition coefficient (Wildman–Crippen LogP) is 1.99. The van der Waals surface area contributed by atoms with Gasteiger partial charge < -0.3 is 10.4 Å². The highest BCUT2D eigenvalue weighted by Gasteiger charge is 2.12. The van der Waals surface area contributed by atoms with E-state index < -0.39 is 10.8 Å². The van der Waals surface area contributed by atoms with Crippen molar-refractivity contribution in [1.82, 2.24) is 5.32 Å². The van der Waals surface area contributed by atoms with Crippen LogP contribution in [0.5, 0.6) is 0 Å². The summed E-state index contributed by atoms with van der Waals surface area (Å²) in [6.45, 7) is 5.20. The zero-order chi connectivity index (χ0) is 14.1. The number of aryl methyl sites for hydroxylation is 1. The number of hydrogen-bond acceptors (Lipinski definition) is 3. The SMILES string of the molecule is CCCNC(CCO)CS(=O)Cc1ccccc1C. The second kappa shape index (κ2) is 9.23. The number of aliphatic hydroxyl groups excluding tert-OH is 1. The molecule has 0 amide bonds. The van der Waals surface area contributed by atoms with E-state index in [9.17, 15) is 4.21 Å². The minimum Gasteiger partial charge on any atom is -0.396 e. The van der Waals surface area contributed by atoms with Crippen molar-refractivity contribution in [2.45, 2.75) is 38.5 Å². The molecule has 2 N–H and O–H groups in total. The smallest absolute Gasteiger partial charge is 0.0488 e. The van der Waals surface area contributed by atoms with E-state index in [1.165, 1.54) is 5.56 Å². The summed E-state index contributed by atoms with van der Waals surface area (Å²) in [5.74, 6) is 1.21. The monoisotopic (exact) mass is 283 g/mol. The number of rotatable bonds is 9. The van der Waals surface area contributed by atoms with E-state index in [4.69, 9.17) is 5.11 Å². The third kappa shape index (κ3) is 6.32. The largest absolute Gasteiger partial charge is 0.396 e. The number of hydrogen-bond donors (Lipinski definition) is 2. The Hall–Kier alpha value is -0.710. The lowest BCUT2D eigenvalue weighted by Crippen LogP contribution is -2.35. The Labute approximate surface area is 118 Å². The van der Waals surface area contributed by atoms with Crippen molar-refractivity contribution in [1.29, 1.82) is 0 Å². The molecule has 0 aromatic heterocycles. The maximum absolute atomic E-state index is 12.2. The van der Waals surface area contributed by atoms with Crippen molar-refractivity contribution >= 4 is 10.8 Å². The molecule has 1 aromatic rings. The van der Waals surface area contributed by atoms with Crippen LogP contribution in [0.25, 0.3) is 0 Å². The van der Waals surface area contributed by atoms with Crippen molar-refractivity contribution < 1.29 is 9.32 Å². The van der Waals surface area contributed by atoms with Crippen molar-refractivity contribution in [2.75, 3.05) is 18.9 Å². The van der Waals surface area contributed by atoms with Gasteiger partial charge in [-0.1, -0.05) is 31.2 Å². The van der Waals surface area contributed by atoms with Crippen molar-refractivity contribution in [3.05, 3.63) is 35.4 Å². The van der Waals surface area contributed by atoms with Crippen LogP contribution >= 0.6 is 0 Å².